The van der Waals surface area contributed by atoms with E-state index in [0.717, 1.165) is 50.3 Å². The highest BCUT2D eigenvalue weighted by Gasteiger charge is 2.40. The average Bonchev–Trinajstić information content (AvgIpc) is 2.95. The molecule has 2 aliphatic heterocycles. The van der Waals surface area contributed by atoms with Gasteiger partial charge in [-0.1, -0.05) is 13.3 Å². The van der Waals surface area contributed by atoms with Crippen molar-refractivity contribution >= 4 is 23.4 Å². The van der Waals surface area contributed by atoms with Crippen LogP contribution in [0.25, 0.3) is 0 Å². The van der Waals surface area contributed by atoms with Crippen molar-refractivity contribution in [1.82, 2.24) is 15.2 Å². The third kappa shape index (κ3) is 4.08. The van der Waals surface area contributed by atoms with Gasteiger partial charge in [0.15, 0.2) is 5.82 Å². The highest BCUT2D eigenvalue weighted by atomic mass is 16.2. The van der Waals surface area contributed by atoms with Gasteiger partial charge < -0.3 is 20.4 Å². The number of hydrogen-bond acceptors (Lipinski definition) is 4. The Morgan fingerprint density at radius 2 is 2.15 bits per heavy atom. The Kier molecular flexibility index (Phi) is 5.96. The largest absolute Gasteiger partial charge is 0.350 e. The molecule has 2 saturated heterocycles. The summed E-state index contributed by atoms with van der Waals surface area (Å²) < 4.78 is 0. The van der Waals surface area contributed by atoms with Crippen molar-refractivity contribution in [2.24, 2.45) is 5.92 Å². The standard InChI is InChI=1S/C19H29N5O2/c1-3-9-21-19(26)23-12-15-7-4-5-11-24(17(15)13-23)18-16(22-14(2)25)8-6-10-20-18/h6,8,10,15,17H,3-5,7,9,11-13H2,1-2H3,(H,21,26)(H,22,25)/t15-,17+/m1/s1. The number of aromatic nitrogens is 1. The highest BCUT2D eigenvalue weighted by molar-refractivity contribution is 5.92. The molecule has 0 unspecified atom stereocenters. The molecule has 0 aliphatic carbocycles. The fraction of sp³-hybridized carbons (Fsp3) is 0.632. The van der Waals surface area contributed by atoms with Crippen molar-refractivity contribution in [2.45, 2.75) is 45.6 Å². The van der Waals surface area contributed by atoms with Crippen molar-refractivity contribution in [2.75, 3.05) is 36.4 Å². The Balaban J connectivity index is 1.81. The molecule has 2 fully saturated rings. The second kappa shape index (κ2) is 8.38. The molecular formula is C19H29N5O2. The van der Waals surface area contributed by atoms with Gasteiger partial charge in [-0.05, 0) is 37.3 Å². The summed E-state index contributed by atoms with van der Waals surface area (Å²) in [7, 11) is 0. The molecular weight excluding hydrogens is 330 g/mol. The van der Waals surface area contributed by atoms with Gasteiger partial charge in [0.2, 0.25) is 5.91 Å². The summed E-state index contributed by atoms with van der Waals surface area (Å²) in [5, 5.41) is 5.88. The van der Waals surface area contributed by atoms with Gasteiger partial charge in [0.05, 0.1) is 11.7 Å². The van der Waals surface area contributed by atoms with Crippen LogP contribution in [0.1, 0.15) is 39.5 Å². The zero-order valence-electron chi connectivity index (χ0n) is 15.7. The maximum Gasteiger partial charge on any atom is 0.317 e. The number of hydrogen-bond donors (Lipinski definition) is 2. The van der Waals surface area contributed by atoms with Crippen LogP contribution in [0.3, 0.4) is 0 Å². The number of likely N-dealkylation sites (tertiary alicyclic amines) is 1. The van der Waals surface area contributed by atoms with Gasteiger partial charge in [0, 0.05) is 39.3 Å². The molecule has 2 N–H and O–H groups in total. The van der Waals surface area contributed by atoms with Gasteiger partial charge in [-0.15, -0.1) is 0 Å². The van der Waals surface area contributed by atoms with Crippen LogP contribution >= 0.6 is 0 Å². The third-order valence-electron chi connectivity index (χ3n) is 5.21. The molecule has 1 aromatic heterocycles. The quantitative estimate of drug-likeness (QED) is 0.866. The van der Waals surface area contributed by atoms with Crippen LogP contribution in [-0.4, -0.2) is 54.0 Å². The van der Waals surface area contributed by atoms with E-state index < -0.39 is 0 Å². The smallest absolute Gasteiger partial charge is 0.317 e. The molecule has 7 heteroatoms. The number of urea groups is 1. The molecule has 0 aromatic carbocycles. The summed E-state index contributed by atoms with van der Waals surface area (Å²) >= 11 is 0. The predicted octanol–water partition coefficient (Wildman–Crippen LogP) is 2.45. The maximum absolute atomic E-state index is 12.4. The van der Waals surface area contributed by atoms with E-state index in [0.29, 0.717) is 19.0 Å². The van der Waals surface area contributed by atoms with Crippen LogP contribution in [0.4, 0.5) is 16.3 Å². The predicted molar refractivity (Wildman–Crippen MR) is 102 cm³/mol. The monoisotopic (exact) mass is 359 g/mol. The van der Waals surface area contributed by atoms with E-state index in [9.17, 15) is 9.59 Å². The van der Waals surface area contributed by atoms with E-state index >= 15 is 0 Å². The summed E-state index contributed by atoms with van der Waals surface area (Å²) in [5.74, 6) is 1.16. The second-order valence-corrected chi connectivity index (χ2v) is 7.21. The van der Waals surface area contributed by atoms with Crippen LogP contribution in [0.5, 0.6) is 0 Å². The lowest BCUT2D eigenvalue weighted by atomic mass is 9.98. The number of carbonyl (C=O) groups is 2. The van der Waals surface area contributed by atoms with Gasteiger partial charge in [0.1, 0.15) is 0 Å². The van der Waals surface area contributed by atoms with E-state index in [2.05, 4.69) is 27.4 Å². The van der Waals surface area contributed by atoms with E-state index in [1.54, 1.807) is 6.20 Å². The van der Waals surface area contributed by atoms with Crippen molar-refractivity contribution in [1.29, 1.82) is 0 Å². The minimum absolute atomic E-state index is 0.0305. The number of nitrogens with one attached hydrogen (secondary N) is 2. The van der Waals surface area contributed by atoms with Gasteiger partial charge in [-0.3, -0.25) is 4.79 Å². The molecule has 142 valence electrons. The normalized spacial score (nSPS) is 22.5. The molecule has 2 atom stereocenters. The molecule has 26 heavy (non-hydrogen) atoms. The van der Waals surface area contributed by atoms with Crippen molar-refractivity contribution in [3.8, 4) is 0 Å². The summed E-state index contributed by atoms with van der Waals surface area (Å²) in [5.41, 5.74) is 0.745. The molecule has 3 amide bonds. The maximum atomic E-state index is 12.4. The molecule has 3 heterocycles. The Labute approximate surface area is 155 Å². The molecule has 0 saturated carbocycles. The fourth-order valence-corrected chi connectivity index (χ4v) is 4.03. The van der Waals surface area contributed by atoms with Crippen LogP contribution in [-0.2, 0) is 4.79 Å². The highest BCUT2D eigenvalue weighted by Crippen LogP contribution is 2.35. The first-order valence-corrected chi connectivity index (χ1v) is 9.62. The number of anilines is 2. The number of rotatable bonds is 4. The third-order valence-corrected chi connectivity index (χ3v) is 5.21. The van der Waals surface area contributed by atoms with Crippen molar-refractivity contribution in [3.63, 3.8) is 0 Å². The molecule has 0 spiro atoms. The number of nitrogens with zero attached hydrogens (tertiary/aromatic N) is 3. The first kappa shape index (κ1) is 18.5. The zero-order valence-corrected chi connectivity index (χ0v) is 15.7. The molecule has 7 nitrogen and oxygen atoms in total. The molecule has 1 aromatic rings. The topological polar surface area (TPSA) is 77.6 Å². The van der Waals surface area contributed by atoms with Crippen molar-refractivity contribution in [3.05, 3.63) is 18.3 Å². The van der Waals surface area contributed by atoms with Gasteiger partial charge >= 0.3 is 6.03 Å². The number of fused-ring (bicyclic) bond motifs is 1. The second-order valence-electron chi connectivity index (χ2n) is 7.21. The number of amides is 3. The van der Waals surface area contributed by atoms with E-state index in [-0.39, 0.29) is 18.0 Å². The average molecular weight is 359 g/mol. The summed E-state index contributed by atoms with van der Waals surface area (Å²) in [4.78, 5) is 32.8. The Morgan fingerprint density at radius 1 is 1.31 bits per heavy atom. The summed E-state index contributed by atoms with van der Waals surface area (Å²) in [6, 6.07) is 4.00. The molecule has 0 radical (unpaired) electrons. The van der Waals surface area contributed by atoms with Crippen LogP contribution in [0.15, 0.2) is 18.3 Å². The SMILES string of the molecule is CCCNC(=O)N1C[C@H]2CCCCN(c3ncccc3NC(C)=O)[C@H]2C1. The first-order valence-electron chi connectivity index (χ1n) is 9.62. The summed E-state index contributed by atoms with van der Waals surface area (Å²) in [6.45, 7) is 6.67. The van der Waals surface area contributed by atoms with Crippen LogP contribution in [0, 0.1) is 5.92 Å². The van der Waals surface area contributed by atoms with Crippen molar-refractivity contribution < 1.29 is 9.59 Å². The fourth-order valence-electron chi connectivity index (χ4n) is 4.03. The minimum atomic E-state index is -0.0994. The lowest BCUT2D eigenvalue weighted by molar-refractivity contribution is -0.114. The van der Waals surface area contributed by atoms with Crippen LogP contribution in [0.2, 0.25) is 0 Å². The molecule has 3 rings (SSSR count). The lowest BCUT2D eigenvalue weighted by Gasteiger charge is -2.32. The molecule has 2 aliphatic rings. The Bertz CT molecular complexity index is 651. The Hall–Kier alpha value is -2.31. The van der Waals surface area contributed by atoms with Gasteiger partial charge in [0.25, 0.3) is 0 Å². The number of carbonyl (C=O) groups excluding carboxylic acids is 2. The van der Waals surface area contributed by atoms with E-state index in [1.807, 2.05) is 17.0 Å². The van der Waals surface area contributed by atoms with Gasteiger partial charge in [-0.25, -0.2) is 9.78 Å². The Morgan fingerprint density at radius 3 is 2.92 bits per heavy atom. The summed E-state index contributed by atoms with van der Waals surface area (Å²) in [6.07, 6.45) is 6.09. The minimum Gasteiger partial charge on any atom is -0.350 e. The van der Waals surface area contributed by atoms with E-state index in [4.69, 9.17) is 0 Å². The van der Waals surface area contributed by atoms with Gasteiger partial charge in [-0.2, -0.15) is 0 Å². The molecule has 0 bridgehead atoms. The first-order chi connectivity index (χ1) is 12.6. The van der Waals surface area contributed by atoms with E-state index in [1.165, 1.54) is 6.92 Å². The van der Waals surface area contributed by atoms with Crippen LogP contribution < -0.4 is 15.5 Å². The zero-order chi connectivity index (χ0) is 18.5. The lowest BCUT2D eigenvalue weighted by Crippen LogP contribution is -2.43. The number of pyridine rings is 1.